The Morgan fingerprint density at radius 3 is 2.44 bits per heavy atom. The molecule has 2 aromatic carbocycles. The average Bonchev–Trinajstić information content (AvgIpc) is 3.01. The number of primary amides is 1. The van der Waals surface area contributed by atoms with Crippen molar-refractivity contribution in [3.63, 3.8) is 0 Å². The van der Waals surface area contributed by atoms with Crippen LogP contribution in [0.2, 0.25) is 0 Å². The molecule has 7 nitrogen and oxygen atoms in total. The van der Waals surface area contributed by atoms with E-state index < -0.39 is 5.91 Å². The fourth-order valence-corrected chi connectivity index (χ4v) is 3.24. The number of nitrogens with two attached hydrogens (primary N) is 1. The zero-order chi connectivity index (χ0) is 19.2. The Morgan fingerprint density at radius 2 is 1.78 bits per heavy atom. The second kappa shape index (κ2) is 8.50. The van der Waals surface area contributed by atoms with Gasteiger partial charge in [0.1, 0.15) is 5.82 Å². The first kappa shape index (κ1) is 18.7. The minimum absolute atomic E-state index is 0.168. The summed E-state index contributed by atoms with van der Waals surface area (Å²) >= 11 is 1.33. The lowest BCUT2D eigenvalue weighted by atomic mass is 10.2. The molecule has 8 heteroatoms. The number of carbonyl (C=O) groups excluding carboxylic acids is 2. The van der Waals surface area contributed by atoms with Gasteiger partial charge < -0.3 is 15.6 Å². The van der Waals surface area contributed by atoms with E-state index in [1.54, 1.807) is 24.3 Å². The third kappa shape index (κ3) is 4.95. The Morgan fingerprint density at radius 1 is 1.07 bits per heavy atom. The Labute approximate surface area is 161 Å². The summed E-state index contributed by atoms with van der Waals surface area (Å²) in [6.07, 6.45) is 0. The summed E-state index contributed by atoms with van der Waals surface area (Å²) in [6, 6.07) is 16.5. The highest BCUT2D eigenvalue weighted by atomic mass is 32.2. The van der Waals surface area contributed by atoms with Gasteiger partial charge in [-0.15, -0.1) is 10.2 Å². The normalized spacial score (nSPS) is 10.6. The number of carbonyl (C=O) groups is 2. The predicted octanol–water partition coefficient (Wildman–Crippen LogP) is 2.46. The highest BCUT2D eigenvalue weighted by molar-refractivity contribution is 7.99. The molecule has 138 valence electrons. The molecule has 3 rings (SSSR count). The van der Waals surface area contributed by atoms with Gasteiger partial charge in [0.2, 0.25) is 11.8 Å². The van der Waals surface area contributed by atoms with E-state index in [1.807, 2.05) is 41.8 Å². The molecular weight excluding hydrogens is 362 g/mol. The summed E-state index contributed by atoms with van der Waals surface area (Å²) in [5.74, 6) is 0.323. The number of anilines is 1. The molecule has 0 unspecified atom stereocenters. The molecule has 0 bridgehead atoms. The maximum Gasteiger partial charge on any atom is 0.248 e. The topological polar surface area (TPSA) is 103 Å². The molecule has 3 N–H and O–H groups in total. The smallest absolute Gasteiger partial charge is 0.248 e. The van der Waals surface area contributed by atoms with E-state index in [0.717, 1.165) is 11.4 Å². The molecule has 0 aliphatic rings. The Bertz CT molecular complexity index is 938. The van der Waals surface area contributed by atoms with Crippen molar-refractivity contribution in [2.75, 3.05) is 11.1 Å². The molecule has 0 saturated heterocycles. The zero-order valence-electron chi connectivity index (χ0n) is 14.8. The predicted molar refractivity (Wildman–Crippen MR) is 105 cm³/mol. The number of aromatic nitrogens is 3. The van der Waals surface area contributed by atoms with Crippen molar-refractivity contribution in [2.24, 2.45) is 5.73 Å². The standard InChI is InChI=1S/C19H19N5O2S/c1-13-22-23-19(24(13)11-14-5-3-2-4-6-14)27-12-17(25)21-16-9-7-15(8-10-16)18(20)26/h2-10H,11-12H2,1H3,(H2,20,26)(H,21,25). The highest BCUT2D eigenvalue weighted by Crippen LogP contribution is 2.19. The number of hydrogen-bond donors (Lipinski definition) is 2. The van der Waals surface area contributed by atoms with Gasteiger partial charge in [-0.3, -0.25) is 9.59 Å². The number of nitrogens with one attached hydrogen (secondary N) is 1. The lowest BCUT2D eigenvalue weighted by molar-refractivity contribution is -0.113. The molecule has 0 aliphatic carbocycles. The number of thioether (sulfide) groups is 1. The summed E-state index contributed by atoms with van der Waals surface area (Å²) in [7, 11) is 0. The van der Waals surface area contributed by atoms with Gasteiger partial charge in [0, 0.05) is 11.3 Å². The maximum absolute atomic E-state index is 12.2. The zero-order valence-corrected chi connectivity index (χ0v) is 15.6. The van der Waals surface area contributed by atoms with Crippen molar-refractivity contribution in [3.8, 4) is 0 Å². The average molecular weight is 381 g/mol. The maximum atomic E-state index is 12.2. The van der Waals surface area contributed by atoms with Crippen LogP contribution in [0.5, 0.6) is 0 Å². The van der Waals surface area contributed by atoms with Crippen molar-refractivity contribution in [1.82, 2.24) is 14.8 Å². The first-order valence-corrected chi connectivity index (χ1v) is 9.28. The van der Waals surface area contributed by atoms with Crippen LogP contribution in [-0.4, -0.2) is 32.3 Å². The molecule has 2 amide bonds. The van der Waals surface area contributed by atoms with E-state index in [9.17, 15) is 9.59 Å². The van der Waals surface area contributed by atoms with Crippen LogP contribution in [0, 0.1) is 6.92 Å². The summed E-state index contributed by atoms with van der Waals surface area (Å²) in [6.45, 7) is 2.54. The lowest BCUT2D eigenvalue weighted by Gasteiger charge is -2.09. The summed E-state index contributed by atoms with van der Waals surface area (Å²) in [4.78, 5) is 23.3. The fraction of sp³-hybridized carbons (Fsp3) is 0.158. The molecule has 0 aliphatic heterocycles. The molecule has 1 heterocycles. The summed E-state index contributed by atoms with van der Waals surface area (Å²) in [5.41, 5.74) is 7.34. The Balaban J connectivity index is 1.60. The van der Waals surface area contributed by atoms with Crippen molar-refractivity contribution in [2.45, 2.75) is 18.6 Å². The van der Waals surface area contributed by atoms with Gasteiger partial charge in [-0.05, 0) is 36.8 Å². The van der Waals surface area contributed by atoms with Crippen LogP contribution in [0.15, 0.2) is 59.8 Å². The van der Waals surface area contributed by atoms with E-state index in [-0.39, 0.29) is 11.7 Å². The molecule has 1 aromatic heterocycles. The number of rotatable bonds is 7. The fourth-order valence-electron chi connectivity index (χ4n) is 2.46. The third-order valence-electron chi connectivity index (χ3n) is 3.87. The van der Waals surface area contributed by atoms with Crippen LogP contribution in [0.3, 0.4) is 0 Å². The Hall–Kier alpha value is -3.13. The first-order valence-electron chi connectivity index (χ1n) is 8.29. The van der Waals surface area contributed by atoms with Crippen LogP contribution in [0.4, 0.5) is 5.69 Å². The summed E-state index contributed by atoms with van der Waals surface area (Å²) < 4.78 is 1.98. The van der Waals surface area contributed by atoms with E-state index >= 15 is 0 Å². The minimum Gasteiger partial charge on any atom is -0.366 e. The second-order valence-corrected chi connectivity index (χ2v) is 6.82. The van der Waals surface area contributed by atoms with Gasteiger partial charge in [-0.25, -0.2) is 0 Å². The van der Waals surface area contributed by atoms with Crippen LogP contribution in [-0.2, 0) is 11.3 Å². The quantitative estimate of drug-likeness (QED) is 0.612. The van der Waals surface area contributed by atoms with Gasteiger partial charge in [-0.1, -0.05) is 42.1 Å². The number of amides is 2. The second-order valence-electron chi connectivity index (χ2n) is 5.88. The van der Waals surface area contributed by atoms with E-state index in [2.05, 4.69) is 15.5 Å². The molecule has 3 aromatic rings. The molecule has 0 atom stereocenters. The van der Waals surface area contributed by atoms with Crippen LogP contribution in [0.25, 0.3) is 0 Å². The van der Waals surface area contributed by atoms with Gasteiger partial charge in [0.25, 0.3) is 0 Å². The molecule has 27 heavy (non-hydrogen) atoms. The van der Waals surface area contributed by atoms with E-state index in [4.69, 9.17) is 5.73 Å². The van der Waals surface area contributed by atoms with Crippen LogP contribution >= 0.6 is 11.8 Å². The Kier molecular flexibility index (Phi) is 5.87. The number of benzene rings is 2. The van der Waals surface area contributed by atoms with Gasteiger partial charge >= 0.3 is 0 Å². The SMILES string of the molecule is Cc1nnc(SCC(=O)Nc2ccc(C(N)=O)cc2)n1Cc1ccccc1. The van der Waals surface area contributed by atoms with Gasteiger partial charge in [-0.2, -0.15) is 0 Å². The minimum atomic E-state index is -0.503. The molecule has 0 radical (unpaired) electrons. The van der Waals surface area contributed by atoms with E-state index in [1.165, 1.54) is 11.8 Å². The van der Waals surface area contributed by atoms with Gasteiger partial charge in [0.05, 0.1) is 12.3 Å². The monoisotopic (exact) mass is 381 g/mol. The molecular formula is C19H19N5O2S. The van der Waals surface area contributed by atoms with Gasteiger partial charge in [0.15, 0.2) is 5.16 Å². The highest BCUT2D eigenvalue weighted by Gasteiger charge is 2.12. The third-order valence-corrected chi connectivity index (χ3v) is 4.84. The number of nitrogens with zero attached hydrogens (tertiary/aromatic N) is 3. The van der Waals surface area contributed by atoms with Crippen molar-refractivity contribution in [1.29, 1.82) is 0 Å². The molecule has 0 saturated carbocycles. The van der Waals surface area contributed by atoms with E-state index in [0.29, 0.717) is 23.0 Å². The summed E-state index contributed by atoms with van der Waals surface area (Å²) in [5, 5.41) is 11.8. The van der Waals surface area contributed by atoms with Crippen molar-refractivity contribution >= 4 is 29.3 Å². The van der Waals surface area contributed by atoms with Crippen LogP contribution < -0.4 is 11.1 Å². The number of hydrogen-bond acceptors (Lipinski definition) is 5. The largest absolute Gasteiger partial charge is 0.366 e. The van der Waals surface area contributed by atoms with Crippen molar-refractivity contribution in [3.05, 3.63) is 71.5 Å². The molecule has 0 fully saturated rings. The number of aryl methyl sites for hydroxylation is 1. The van der Waals surface area contributed by atoms with Crippen LogP contribution in [0.1, 0.15) is 21.7 Å². The lowest BCUT2D eigenvalue weighted by Crippen LogP contribution is -2.15. The van der Waals surface area contributed by atoms with Crippen molar-refractivity contribution < 1.29 is 9.59 Å². The molecule has 0 spiro atoms. The first-order chi connectivity index (χ1) is 13.0.